The molecule has 0 saturated carbocycles. The Labute approximate surface area is 269 Å². The predicted octanol–water partition coefficient (Wildman–Crippen LogP) is 5.60. The quantitative estimate of drug-likeness (QED) is 0.256. The Bertz CT molecular complexity index is 1010. The van der Waals surface area contributed by atoms with Crippen LogP contribution >= 0.6 is 0 Å². The first-order valence-corrected chi connectivity index (χ1v) is 16.6. The molecule has 243 valence electrons. The molecule has 8 bridgehead atoms. The fourth-order valence-corrected chi connectivity index (χ4v) is 9.93. The molecule has 1 radical (unpaired) electrons. The second-order valence-corrected chi connectivity index (χ2v) is 14.5. The van der Waals surface area contributed by atoms with E-state index in [0.717, 1.165) is 25.7 Å². The van der Waals surface area contributed by atoms with Gasteiger partial charge in [-0.2, -0.15) is 0 Å². The van der Waals surface area contributed by atoms with Crippen LogP contribution in [0.25, 0.3) is 10.6 Å². The first kappa shape index (κ1) is 34.6. The fourth-order valence-electron chi connectivity index (χ4n) is 9.93. The third-order valence-electron chi connectivity index (χ3n) is 12.5. The second-order valence-electron chi connectivity index (χ2n) is 14.5. The minimum absolute atomic E-state index is 0. The van der Waals surface area contributed by atoms with Crippen LogP contribution in [0.15, 0.2) is 25.3 Å². The summed E-state index contributed by atoms with van der Waals surface area (Å²) in [4.78, 5) is 23.3. The van der Waals surface area contributed by atoms with Crippen LogP contribution in [0.2, 0.25) is 0 Å². The molecular formula is C34H54CoN4O4. The molecule has 4 N–H and O–H groups in total. The third kappa shape index (κ3) is 7.12. The molecule has 8 nitrogen and oxygen atoms in total. The standard InChI is InChI=1S/C34H54N4O4.Co/c1-7-21-17(3)25-13-26-19(5)23(9-11-33(39)40)31(37-26)16-32-24(10-12-34(41)42)20(6)28(38-32)15-30-22(8-2)18(4)27(36-30)14-29(21)35-25;/h7-8,17-32,36-37H,1-2,9-16H2,3-6H3,(H,39,40)(H,41,42);/q-2;+2. The van der Waals surface area contributed by atoms with E-state index in [4.69, 9.17) is 10.6 Å². The molecule has 5 saturated heterocycles. The van der Waals surface area contributed by atoms with Gasteiger partial charge in [0.05, 0.1) is 0 Å². The SMILES string of the molecule is C=CC1C2CC3NC(CC4[N-]C(CC5NC(CC([N-]2)C1C)C(C)C5CCC(=O)O)C(CCC(=O)O)C4C)C(C=C)C3C.[Co+2]. The zero-order chi connectivity index (χ0) is 30.3. The molecule has 0 aliphatic carbocycles. The van der Waals surface area contributed by atoms with Crippen LogP contribution in [0.5, 0.6) is 0 Å². The number of rotatable bonds is 8. The van der Waals surface area contributed by atoms with Gasteiger partial charge in [0, 0.05) is 37.0 Å². The number of hydrogen-bond donors (Lipinski definition) is 4. The summed E-state index contributed by atoms with van der Waals surface area (Å²) in [5.74, 6) is 1.21. The molecule has 5 aliphatic rings. The smallest absolute Gasteiger partial charge is 0.656 e. The molecule has 9 heteroatoms. The predicted molar refractivity (Wildman–Crippen MR) is 167 cm³/mol. The van der Waals surface area contributed by atoms with Crippen molar-refractivity contribution in [3.8, 4) is 0 Å². The minimum atomic E-state index is -0.749. The van der Waals surface area contributed by atoms with Crippen LogP contribution in [0.4, 0.5) is 0 Å². The Balaban J connectivity index is 0.00000423. The molecule has 5 heterocycles. The molecule has 43 heavy (non-hydrogen) atoms. The van der Waals surface area contributed by atoms with Gasteiger partial charge in [0.2, 0.25) is 0 Å². The first-order chi connectivity index (χ1) is 20.0. The Kier molecular flexibility index (Phi) is 11.6. The van der Waals surface area contributed by atoms with Gasteiger partial charge in [-0.05, 0) is 42.4 Å². The van der Waals surface area contributed by atoms with E-state index < -0.39 is 11.9 Å². The van der Waals surface area contributed by atoms with Gasteiger partial charge in [-0.15, -0.1) is 37.3 Å². The maximum absolute atomic E-state index is 11.6. The Morgan fingerprint density at radius 1 is 0.651 bits per heavy atom. The van der Waals surface area contributed by atoms with Crippen molar-refractivity contribution >= 4 is 11.9 Å². The van der Waals surface area contributed by atoms with Crippen LogP contribution < -0.4 is 10.6 Å². The van der Waals surface area contributed by atoms with Crippen LogP contribution in [0.3, 0.4) is 0 Å². The van der Waals surface area contributed by atoms with Crippen LogP contribution in [0.1, 0.15) is 79.1 Å². The van der Waals surface area contributed by atoms with E-state index in [1.165, 1.54) is 0 Å². The van der Waals surface area contributed by atoms with Gasteiger partial charge in [-0.3, -0.25) is 9.59 Å². The summed E-state index contributed by atoms with van der Waals surface area (Å²) in [7, 11) is 0. The summed E-state index contributed by atoms with van der Waals surface area (Å²) in [5, 5.41) is 38.0. The number of aliphatic carboxylic acids is 2. The van der Waals surface area contributed by atoms with Crippen molar-refractivity contribution in [3.63, 3.8) is 0 Å². The van der Waals surface area contributed by atoms with Gasteiger partial charge in [0.15, 0.2) is 0 Å². The molecule has 16 unspecified atom stereocenters. The molecule has 0 aromatic heterocycles. The summed E-state index contributed by atoms with van der Waals surface area (Å²) in [6.07, 6.45) is 9.62. The molecular weight excluding hydrogens is 587 g/mol. The van der Waals surface area contributed by atoms with Crippen molar-refractivity contribution in [1.29, 1.82) is 0 Å². The Morgan fingerprint density at radius 3 is 1.77 bits per heavy atom. The van der Waals surface area contributed by atoms with Gasteiger partial charge >= 0.3 is 28.7 Å². The van der Waals surface area contributed by atoms with Crippen molar-refractivity contribution in [1.82, 2.24) is 10.6 Å². The van der Waals surface area contributed by atoms with Crippen molar-refractivity contribution in [2.45, 2.75) is 127 Å². The molecule has 0 spiro atoms. The van der Waals surface area contributed by atoms with E-state index >= 15 is 0 Å². The summed E-state index contributed by atoms with van der Waals surface area (Å²) in [6, 6.07) is 1.83. The Morgan fingerprint density at radius 2 is 1.14 bits per heavy atom. The van der Waals surface area contributed by atoms with E-state index in [1.807, 2.05) is 0 Å². The zero-order valence-corrected chi connectivity index (χ0v) is 27.4. The van der Waals surface area contributed by atoms with Crippen LogP contribution in [-0.2, 0) is 26.4 Å². The van der Waals surface area contributed by atoms with Crippen molar-refractivity contribution in [2.24, 2.45) is 47.3 Å². The largest absolute Gasteiger partial charge is 2.00 e. The van der Waals surface area contributed by atoms with Gasteiger partial charge < -0.3 is 31.5 Å². The third-order valence-corrected chi connectivity index (χ3v) is 12.5. The summed E-state index contributed by atoms with van der Waals surface area (Å²) < 4.78 is 0. The van der Waals surface area contributed by atoms with Crippen LogP contribution in [0, 0.1) is 47.3 Å². The first-order valence-electron chi connectivity index (χ1n) is 16.6. The van der Waals surface area contributed by atoms with Gasteiger partial charge in [-0.25, -0.2) is 0 Å². The van der Waals surface area contributed by atoms with Crippen molar-refractivity contribution in [2.75, 3.05) is 0 Å². The number of nitrogens with one attached hydrogen (secondary N) is 2. The molecule has 0 aromatic carbocycles. The number of fused-ring (bicyclic) bond motifs is 8. The van der Waals surface area contributed by atoms with E-state index in [2.05, 4.69) is 63.6 Å². The average molecular weight is 642 g/mol. The maximum Gasteiger partial charge on any atom is 2.00 e. The van der Waals surface area contributed by atoms with Crippen LogP contribution in [-0.4, -0.2) is 70.5 Å². The molecule has 0 aromatic rings. The average Bonchev–Trinajstić information content (AvgIpc) is 3.59. The second kappa shape index (κ2) is 14.5. The number of carbonyl (C=O) groups is 2. The zero-order valence-electron chi connectivity index (χ0n) is 26.4. The molecule has 5 aliphatic heterocycles. The molecule has 0 amide bonds. The van der Waals surface area contributed by atoms with E-state index in [-0.39, 0.29) is 77.7 Å². The maximum atomic E-state index is 11.6. The van der Waals surface area contributed by atoms with Crippen molar-refractivity contribution < 1.29 is 36.6 Å². The number of hydrogen-bond acceptors (Lipinski definition) is 4. The summed E-state index contributed by atoms with van der Waals surface area (Å²) >= 11 is 0. The van der Waals surface area contributed by atoms with Crippen molar-refractivity contribution in [3.05, 3.63) is 35.9 Å². The summed E-state index contributed by atoms with van der Waals surface area (Å²) in [6.45, 7) is 17.7. The number of carboxylic acids is 2. The molecule has 5 rings (SSSR count). The summed E-state index contributed by atoms with van der Waals surface area (Å²) in [5.41, 5.74) is 0. The number of nitrogens with zero attached hydrogens (tertiary/aromatic N) is 2. The number of carboxylic acid groups (broad SMARTS) is 2. The topological polar surface area (TPSA) is 127 Å². The fraction of sp³-hybridized carbons (Fsp3) is 0.824. The molecule has 5 fully saturated rings. The van der Waals surface area contributed by atoms with Gasteiger partial charge in [0.1, 0.15) is 0 Å². The monoisotopic (exact) mass is 641 g/mol. The Hall–Kier alpha value is -1.23. The normalized spacial score (nSPS) is 47.5. The minimum Gasteiger partial charge on any atom is -0.656 e. The van der Waals surface area contributed by atoms with E-state index in [1.54, 1.807) is 0 Å². The van der Waals surface area contributed by atoms with Gasteiger partial charge in [-0.1, -0.05) is 83.3 Å². The van der Waals surface area contributed by atoms with E-state index in [0.29, 0.717) is 60.4 Å². The van der Waals surface area contributed by atoms with Gasteiger partial charge in [0.25, 0.3) is 0 Å². The van der Waals surface area contributed by atoms with E-state index in [9.17, 15) is 19.8 Å². The molecule has 16 atom stereocenters.